The van der Waals surface area contributed by atoms with Gasteiger partial charge in [-0.2, -0.15) is 0 Å². The van der Waals surface area contributed by atoms with Crippen LogP contribution in [0.15, 0.2) is 0 Å². The van der Waals surface area contributed by atoms with Crippen LogP contribution >= 0.6 is 0 Å². The highest BCUT2D eigenvalue weighted by Crippen LogP contribution is 2.24. The third-order valence-electron chi connectivity index (χ3n) is 9.68. The Kier molecular flexibility index (Phi) is 35.3. The van der Waals surface area contributed by atoms with Gasteiger partial charge in [-0.05, 0) is 25.7 Å². The van der Waals surface area contributed by atoms with Gasteiger partial charge in [0.2, 0.25) is 0 Å². The smallest absolute Gasteiger partial charge is 0.133 e. The molecule has 0 rings (SSSR count). The van der Waals surface area contributed by atoms with E-state index in [-0.39, 0.29) is 0 Å². The third kappa shape index (κ3) is 35.7. The lowest BCUT2D eigenvalue weighted by atomic mass is 9.89. The summed E-state index contributed by atoms with van der Waals surface area (Å²) in [6.45, 7) is 6.29. The van der Waals surface area contributed by atoms with Crippen molar-refractivity contribution in [2.24, 2.45) is 5.92 Å². The predicted octanol–water partition coefficient (Wildman–Crippen LogP) is 14.5. The fourth-order valence-corrected chi connectivity index (χ4v) is 6.72. The molecule has 0 spiro atoms. The number of carbonyl (C=O) groups excluding carboxylic acids is 2. The summed E-state index contributed by atoms with van der Waals surface area (Å²) < 4.78 is 0. The second-order valence-corrected chi connectivity index (χ2v) is 14.3. The number of unbranched alkanes of at least 4 members (excludes halogenated alkanes) is 27. The zero-order chi connectivity index (χ0) is 31.5. The summed E-state index contributed by atoms with van der Waals surface area (Å²) in [4.78, 5) is 24.0. The quantitative estimate of drug-likeness (QED) is 0.0661. The number of rotatable bonds is 37. The van der Waals surface area contributed by atoms with Crippen LogP contribution in [0.3, 0.4) is 0 Å². The lowest BCUT2D eigenvalue weighted by molar-refractivity contribution is -0.120. The molecule has 0 amide bonds. The molecule has 0 saturated heterocycles. The van der Waals surface area contributed by atoms with Crippen molar-refractivity contribution in [1.29, 1.82) is 0 Å². The van der Waals surface area contributed by atoms with Crippen molar-refractivity contribution in [2.75, 3.05) is 0 Å². The number of carbonyl (C=O) groups is 2. The van der Waals surface area contributed by atoms with Crippen molar-refractivity contribution in [3.05, 3.63) is 0 Å². The Bertz CT molecular complexity index is 568. The minimum Gasteiger partial charge on any atom is -0.300 e. The molecule has 0 aromatic heterocycles. The molecule has 1 unspecified atom stereocenters. The maximum atomic E-state index is 12.9. The Labute approximate surface area is 272 Å². The summed E-state index contributed by atoms with van der Waals surface area (Å²) >= 11 is 0. The van der Waals surface area contributed by atoms with Gasteiger partial charge in [0.1, 0.15) is 11.6 Å². The van der Waals surface area contributed by atoms with Crippen molar-refractivity contribution in [3.8, 4) is 0 Å². The maximum absolute atomic E-state index is 12.9. The van der Waals surface area contributed by atoms with Gasteiger partial charge in [0, 0.05) is 19.3 Å². The van der Waals surface area contributed by atoms with Crippen LogP contribution in [0.25, 0.3) is 0 Å². The molecule has 0 aromatic rings. The fraction of sp³-hybridized carbons (Fsp3) is 0.951. The van der Waals surface area contributed by atoms with Gasteiger partial charge >= 0.3 is 0 Å². The molecule has 256 valence electrons. The van der Waals surface area contributed by atoms with Crippen LogP contribution < -0.4 is 0 Å². The molecule has 0 aliphatic rings. The van der Waals surface area contributed by atoms with Crippen molar-refractivity contribution >= 4 is 11.6 Å². The highest BCUT2D eigenvalue weighted by atomic mass is 16.1. The van der Waals surface area contributed by atoms with Crippen LogP contribution in [-0.2, 0) is 9.59 Å². The largest absolute Gasteiger partial charge is 0.300 e. The summed E-state index contributed by atoms with van der Waals surface area (Å²) in [6, 6.07) is 0. The van der Waals surface area contributed by atoms with Crippen molar-refractivity contribution < 1.29 is 9.59 Å². The highest BCUT2D eigenvalue weighted by molar-refractivity contribution is 5.78. The molecule has 1 atom stereocenters. The van der Waals surface area contributed by atoms with E-state index in [2.05, 4.69) is 13.8 Å². The second-order valence-electron chi connectivity index (χ2n) is 14.3. The molecule has 2 nitrogen and oxygen atoms in total. The standard InChI is InChI=1S/C41H80O2/c1-4-6-8-10-12-14-15-16-17-18-19-20-21-23-29-33-37-41(43)38-40(35-31-27-22-13-11-9-7-5-2)36-32-28-25-24-26-30-34-39(3)42/h40H,4-38H2,1-3H3. The van der Waals surface area contributed by atoms with E-state index in [4.69, 9.17) is 0 Å². The van der Waals surface area contributed by atoms with Crippen molar-refractivity contribution in [2.45, 2.75) is 245 Å². The predicted molar refractivity (Wildman–Crippen MR) is 192 cm³/mol. The summed E-state index contributed by atoms with van der Waals surface area (Å²) in [5.74, 6) is 1.48. The lowest BCUT2D eigenvalue weighted by Crippen LogP contribution is -2.09. The first-order valence-electron chi connectivity index (χ1n) is 20.1. The number of Topliss-reactive ketones (excluding diaryl/α,β-unsaturated/α-hetero) is 2. The fourth-order valence-electron chi connectivity index (χ4n) is 6.72. The second kappa shape index (κ2) is 35.8. The molecule has 0 aliphatic carbocycles. The van der Waals surface area contributed by atoms with Gasteiger partial charge in [-0.1, -0.05) is 206 Å². The Hall–Kier alpha value is -0.660. The lowest BCUT2D eigenvalue weighted by Gasteiger charge is -2.16. The summed E-state index contributed by atoms with van der Waals surface area (Å²) in [5.41, 5.74) is 0. The SMILES string of the molecule is CCCCCCCCCCCCCCCCCCC(=O)CC(CCCCCCCCCC)CCCCCCCCC(C)=O. The van der Waals surface area contributed by atoms with Gasteiger partial charge in [-0.25, -0.2) is 0 Å². The Morgan fingerprint density at radius 2 is 0.651 bits per heavy atom. The Morgan fingerprint density at radius 1 is 0.372 bits per heavy atom. The van der Waals surface area contributed by atoms with Crippen LogP contribution in [0.2, 0.25) is 0 Å². The molecule has 0 radical (unpaired) electrons. The Morgan fingerprint density at radius 3 is 0.977 bits per heavy atom. The third-order valence-corrected chi connectivity index (χ3v) is 9.68. The first-order chi connectivity index (χ1) is 21.1. The van der Waals surface area contributed by atoms with Crippen LogP contribution in [-0.4, -0.2) is 11.6 Å². The van der Waals surface area contributed by atoms with E-state index in [1.54, 1.807) is 6.92 Å². The molecule has 0 heterocycles. The molecule has 0 saturated carbocycles. The zero-order valence-corrected chi connectivity index (χ0v) is 30.1. The number of hydrogen-bond acceptors (Lipinski definition) is 2. The van der Waals surface area contributed by atoms with Crippen LogP contribution in [0.1, 0.15) is 245 Å². The van der Waals surface area contributed by atoms with E-state index < -0.39 is 0 Å². The Balaban J connectivity index is 3.91. The molecule has 0 bridgehead atoms. The monoisotopic (exact) mass is 605 g/mol. The average molecular weight is 605 g/mol. The normalized spacial score (nSPS) is 12.2. The first kappa shape index (κ1) is 42.3. The van der Waals surface area contributed by atoms with Crippen LogP contribution in [0.4, 0.5) is 0 Å². The van der Waals surface area contributed by atoms with E-state index in [0.717, 1.165) is 32.1 Å². The molecule has 2 heteroatoms. The van der Waals surface area contributed by atoms with Gasteiger partial charge in [-0.15, -0.1) is 0 Å². The topological polar surface area (TPSA) is 34.1 Å². The highest BCUT2D eigenvalue weighted by Gasteiger charge is 2.14. The van der Waals surface area contributed by atoms with E-state index in [1.165, 1.54) is 193 Å². The average Bonchev–Trinajstić information content (AvgIpc) is 2.99. The van der Waals surface area contributed by atoms with E-state index in [0.29, 0.717) is 17.5 Å². The van der Waals surface area contributed by atoms with E-state index in [9.17, 15) is 9.59 Å². The van der Waals surface area contributed by atoms with Gasteiger partial charge < -0.3 is 4.79 Å². The summed E-state index contributed by atoms with van der Waals surface area (Å²) in [7, 11) is 0. The molecule has 0 aromatic carbocycles. The van der Waals surface area contributed by atoms with Gasteiger partial charge in [0.15, 0.2) is 0 Å². The molecule has 0 fully saturated rings. The summed E-state index contributed by atoms with van der Waals surface area (Å²) in [5, 5.41) is 0. The van der Waals surface area contributed by atoms with Crippen LogP contribution in [0, 0.1) is 5.92 Å². The van der Waals surface area contributed by atoms with E-state index in [1.807, 2.05) is 0 Å². The zero-order valence-electron chi connectivity index (χ0n) is 30.1. The van der Waals surface area contributed by atoms with Crippen molar-refractivity contribution in [1.82, 2.24) is 0 Å². The number of ketones is 2. The van der Waals surface area contributed by atoms with E-state index >= 15 is 0 Å². The van der Waals surface area contributed by atoms with Gasteiger partial charge in [-0.3, -0.25) is 4.79 Å². The minimum atomic E-state index is 0.327. The summed E-state index contributed by atoms with van der Waals surface area (Å²) in [6.07, 6.45) is 45.4. The molecular weight excluding hydrogens is 524 g/mol. The van der Waals surface area contributed by atoms with Crippen molar-refractivity contribution in [3.63, 3.8) is 0 Å². The molecule has 43 heavy (non-hydrogen) atoms. The van der Waals surface area contributed by atoms with Crippen LogP contribution in [0.5, 0.6) is 0 Å². The first-order valence-corrected chi connectivity index (χ1v) is 20.1. The molecule has 0 aliphatic heterocycles. The number of hydrogen-bond donors (Lipinski definition) is 0. The van der Waals surface area contributed by atoms with Gasteiger partial charge in [0.25, 0.3) is 0 Å². The van der Waals surface area contributed by atoms with Gasteiger partial charge in [0.05, 0.1) is 0 Å². The maximum Gasteiger partial charge on any atom is 0.133 e. The molecular formula is C41H80O2. The molecule has 0 N–H and O–H groups in total. The minimum absolute atomic E-state index is 0.327.